The van der Waals surface area contributed by atoms with Crippen molar-refractivity contribution in [2.75, 3.05) is 14.2 Å². The highest BCUT2D eigenvalue weighted by molar-refractivity contribution is 5.50. The zero-order chi connectivity index (χ0) is 15.6. The van der Waals surface area contributed by atoms with Crippen LogP contribution in [0.3, 0.4) is 0 Å². The molecule has 0 radical (unpaired) electrons. The molecule has 0 aromatic heterocycles. The van der Waals surface area contributed by atoms with E-state index in [9.17, 15) is 0 Å². The van der Waals surface area contributed by atoms with Crippen molar-refractivity contribution < 1.29 is 24.0 Å². The van der Waals surface area contributed by atoms with E-state index in [1.807, 2.05) is 39.8 Å². The van der Waals surface area contributed by atoms with Crippen molar-refractivity contribution in [1.82, 2.24) is 0 Å². The molecule has 0 N–H and O–H groups in total. The second kappa shape index (κ2) is 6.22. The summed E-state index contributed by atoms with van der Waals surface area (Å²) in [5.41, 5.74) is 1.45. The maximum Gasteiger partial charge on any atom is 0.221 e. The van der Waals surface area contributed by atoms with Crippen molar-refractivity contribution in [3.8, 4) is 11.5 Å². The molecule has 2 atom stereocenters. The molecule has 1 aromatic carbocycles. The van der Waals surface area contributed by atoms with E-state index < -0.39 is 11.9 Å². The van der Waals surface area contributed by atoms with Crippen molar-refractivity contribution in [3.63, 3.8) is 0 Å². The van der Waals surface area contributed by atoms with Crippen LogP contribution in [-0.4, -0.2) is 25.9 Å². The molecular weight excluding hydrogens is 272 g/mol. The highest BCUT2D eigenvalue weighted by atomic mass is 17.2. The van der Waals surface area contributed by atoms with E-state index in [1.165, 1.54) is 0 Å². The molecule has 0 saturated heterocycles. The van der Waals surface area contributed by atoms with Gasteiger partial charge in [-0.05, 0) is 39.8 Å². The SMILES string of the molecule is COc1ccc(OC)c2c1C[C@@H](C)O[C@@H]2OOC(C)(C)C. The van der Waals surface area contributed by atoms with Gasteiger partial charge in [-0.15, -0.1) is 0 Å². The second-order valence-electron chi connectivity index (χ2n) is 6.14. The number of hydrogen-bond donors (Lipinski definition) is 0. The molecule has 2 rings (SSSR count). The Morgan fingerprint density at radius 3 is 2.29 bits per heavy atom. The van der Waals surface area contributed by atoms with Crippen LogP contribution in [0.1, 0.15) is 45.1 Å². The van der Waals surface area contributed by atoms with Crippen molar-refractivity contribution in [2.45, 2.75) is 52.1 Å². The Bertz CT molecular complexity index is 492. The summed E-state index contributed by atoms with van der Waals surface area (Å²) >= 11 is 0. The molecule has 118 valence electrons. The predicted octanol–water partition coefficient (Wildman–Crippen LogP) is 3.41. The summed E-state index contributed by atoms with van der Waals surface area (Å²) in [5.74, 6) is 1.52. The summed E-state index contributed by atoms with van der Waals surface area (Å²) in [4.78, 5) is 11.0. The van der Waals surface area contributed by atoms with Gasteiger partial charge in [-0.3, -0.25) is 0 Å². The van der Waals surface area contributed by atoms with E-state index in [2.05, 4.69) is 0 Å². The van der Waals surface area contributed by atoms with Gasteiger partial charge in [0.15, 0.2) is 0 Å². The molecule has 1 aliphatic rings. The monoisotopic (exact) mass is 296 g/mol. The van der Waals surface area contributed by atoms with E-state index in [0.717, 1.165) is 23.3 Å². The van der Waals surface area contributed by atoms with E-state index in [1.54, 1.807) is 14.2 Å². The normalized spacial score (nSPS) is 21.8. The number of rotatable bonds is 4. The number of hydrogen-bond acceptors (Lipinski definition) is 5. The van der Waals surface area contributed by atoms with Gasteiger partial charge in [0.2, 0.25) is 6.29 Å². The van der Waals surface area contributed by atoms with Crippen molar-refractivity contribution >= 4 is 0 Å². The van der Waals surface area contributed by atoms with Gasteiger partial charge in [-0.1, -0.05) is 0 Å². The van der Waals surface area contributed by atoms with Crippen molar-refractivity contribution in [1.29, 1.82) is 0 Å². The topological polar surface area (TPSA) is 46.2 Å². The van der Waals surface area contributed by atoms with Crippen LogP contribution in [0.15, 0.2) is 12.1 Å². The third kappa shape index (κ3) is 3.67. The van der Waals surface area contributed by atoms with Gasteiger partial charge in [0, 0.05) is 12.0 Å². The van der Waals surface area contributed by atoms with Crippen molar-refractivity contribution in [2.24, 2.45) is 0 Å². The highest BCUT2D eigenvalue weighted by Gasteiger charge is 2.33. The Balaban J connectivity index is 2.38. The summed E-state index contributed by atoms with van der Waals surface area (Å²) in [6, 6.07) is 3.75. The molecule has 0 spiro atoms. The zero-order valence-electron chi connectivity index (χ0n) is 13.6. The standard InChI is InChI=1S/C16H24O5/c1-10-9-11-12(17-5)7-8-13(18-6)14(11)15(19-10)20-21-16(2,3)4/h7-8,10,15H,9H2,1-6H3/t10-,15-/m1/s1. The molecule has 0 bridgehead atoms. The smallest absolute Gasteiger partial charge is 0.221 e. The molecule has 0 fully saturated rings. The molecule has 0 saturated carbocycles. The first-order chi connectivity index (χ1) is 9.85. The van der Waals surface area contributed by atoms with Crippen LogP contribution in [0.4, 0.5) is 0 Å². The van der Waals surface area contributed by atoms with Crippen LogP contribution >= 0.6 is 0 Å². The van der Waals surface area contributed by atoms with E-state index >= 15 is 0 Å². The predicted molar refractivity (Wildman–Crippen MR) is 78.5 cm³/mol. The molecule has 1 aliphatic heterocycles. The average molecular weight is 296 g/mol. The fourth-order valence-corrected chi connectivity index (χ4v) is 2.33. The minimum Gasteiger partial charge on any atom is -0.496 e. The average Bonchev–Trinajstić information content (AvgIpc) is 2.42. The highest BCUT2D eigenvalue weighted by Crippen LogP contribution is 2.42. The molecule has 5 nitrogen and oxygen atoms in total. The number of benzene rings is 1. The third-order valence-electron chi connectivity index (χ3n) is 3.18. The first-order valence-electron chi connectivity index (χ1n) is 7.09. The molecule has 1 aromatic rings. The maximum absolute atomic E-state index is 5.87. The lowest BCUT2D eigenvalue weighted by Gasteiger charge is -2.33. The Kier molecular flexibility index (Phi) is 4.76. The van der Waals surface area contributed by atoms with Crippen LogP contribution in [-0.2, 0) is 20.9 Å². The van der Waals surface area contributed by atoms with Crippen LogP contribution < -0.4 is 9.47 Å². The number of ether oxygens (including phenoxy) is 3. The quantitative estimate of drug-likeness (QED) is 0.629. The molecule has 21 heavy (non-hydrogen) atoms. The lowest BCUT2D eigenvalue weighted by molar-refractivity contribution is -0.427. The van der Waals surface area contributed by atoms with Crippen LogP contribution in [0, 0.1) is 0 Å². The van der Waals surface area contributed by atoms with Gasteiger partial charge in [0.1, 0.15) is 11.5 Å². The molecule has 0 aliphatic carbocycles. The summed E-state index contributed by atoms with van der Waals surface area (Å²) in [6.07, 6.45) is 0.116. The fraction of sp³-hybridized carbons (Fsp3) is 0.625. The number of methoxy groups -OCH3 is 2. The maximum atomic E-state index is 5.87. The molecule has 1 heterocycles. The molecule has 0 unspecified atom stereocenters. The lowest BCUT2D eigenvalue weighted by atomic mass is 9.96. The van der Waals surface area contributed by atoms with Gasteiger partial charge in [0.05, 0.1) is 31.5 Å². The summed E-state index contributed by atoms with van der Waals surface area (Å²) in [5, 5.41) is 0. The minimum absolute atomic E-state index is 0.00655. The van der Waals surface area contributed by atoms with Gasteiger partial charge in [-0.25, -0.2) is 4.89 Å². The van der Waals surface area contributed by atoms with Gasteiger partial charge >= 0.3 is 0 Å². The first kappa shape index (κ1) is 16.1. The van der Waals surface area contributed by atoms with Crippen molar-refractivity contribution in [3.05, 3.63) is 23.3 Å². The second-order valence-corrected chi connectivity index (χ2v) is 6.14. The Hall–Kier alpha value is -1.30. The van der Waals surface area contributed by atoms with E-state index in [4.69, 9.17) is 24.0 Å². The fourth-order valence-electron chi connectivity index (χ4n) is 2.33. The van der Waals surface area contributed by atoms with Crippen LogP contribution in [0.25, 0.3) is 0 Å². The van der Waals surface area contributed by atoms with E-state index in [-0.39, 0.29) is 6.10 Å². The zero-order valence-corrected chi connectivity index (χ0v) is 13.6. The Morgan fingerprint density at radius 2 is 1.71 bits per heavy atom. The van der Waals surface area contributed by atoms with Gasteiger partial charge < -0.3 is 14.2 Å². The number of fused-ring (bicyclic) bond motifs is 1. The molecule has 5 heteroatoms. The minimum atomic E-state index is -0.631. The third-order valence-corrected chi connectivity index (χ3v) is 3.18. The Labute approximate surface area is 126 Å². The van der Waals surface area contributed by atoms with Crippen LogP contribution in [0.5, 0.6) is 11.5 Å². The summed E-state index contributed by atoms with van der Waals surface area (Å²) in [7, 11) is 3.28. The first-order valence-corrected chi connectivity index (χ1v) is 7.09. The summed E-state index contributed by atoms with van der Waals surface area (Å²) in [6.45, 7) is 7.75. The lowest BCUT2D eigenvalue weighted by Crippen LogP contribution is -2.29. The van der Waals surface area contributed by atoms with Gasteiger partial charge in [0.25, 0.3) is 0 Å². The molecular formula is C16H24O5. The summed E-state index contributed by atoms with van der Waals surface area (Å²) < 4.78 is 16.8. The van der Waals surface area contributed by atoms with Crippen LogP contribution in [0.2, 0.25) is 0 Å². The van der Waals surface area contributed by atoms with Gasteiger partial charge in [-0.2, -0.15) is 4.89 Å². The molecule has 0 amide bonds. The largest absolute Gasteiger partial charge is 0.496 e. The Morgan fingerprint density at radius 1 is 1.10 bits per heavy atom. The van der Waals surface area contributed by atoms with E-state index in [0.29, 0.717) is 5.75 Å².